The molecule has 2 amide bonds. The molecule has 0 bridgehead atoms. The van der Waals surface area contributed by atoms with Crippen LogP contribution in [0.5, 0.6) is 5.75 Å². The summed E-state index contributed by atoms with van der Waals surface area (Å²) in [6, 6.07) is 7.47. The van der Waals surface area contributed by atoms with E-state index >= 15 is 0 Å². The van der Waals surface area contributed by atoms with E-state index in [9.17, 15) is 9.59 Å². The molecule has 2 unspecified atom stereocenters. The number of methoxy groups -OCH3 is 1. The molecule has 0 radical (unpaired) electrons. The van der Waals surface area contributed by atoms with E-state index in [0.717, 1.165) is 30.8 Å². The zero-order valence-electron chi connectivity index (χ0n) is 15.6. The summed E-state index contributed by atoms with van der Waals surface area (Å²) in [7, 11) is 3.27. The van der Waals surface area contributed by atoms with Crippen molar-refractivity contribution in [2.45, 2.75) is 20.3 Å². The fourth-order valence-corrected chi connectivity index (χ4v) is 3.29. The predicted molar refractivity (Wildman–Crippen MR) is 99.2 cm³/mol. The molecule has 1 aromatic carbocycles. The molecule has 5 heteroatoms. The van der Waals surface area contributed by atoms with Crippen molar-refractivity contribution in [3.8, 4) is 5.75 Å². The third kappa shape index (κ3) is 5.62. The molecule has 2 atom stereocenters. The zero-order chi connectivity index (χ0) is 18.4. The zero-order valence-corrected chi connectivity index (χ0v) is 15.6. The van der Waals surface area contributed by atoms with Crippen molar-refractivity contribution in [3.63, 3.8) is 0 Å². The van der Waals surface area contributed by atoms with E-state index in [0.29, 0.717) is 11.8 Å². The van der Waals surface area contributed by atoms with E-state index in [1.54, 1.807) is 20.2 Å². The van der Waals surface area contributed by atoms with Crippen LogP contribution in [0.25, 0.3) is 6.08 Å². The Morgan fingerprint density at radius 3 is 2.60 bits per heavy atom. The number of hydrogen-bond acceptors (Lipinski definition) is 3. The van der Waals surface area contributed by atoms with Crippen molar-refractivity contribution in [2.24, 2.45) is 11.8 Å². The van der Waals surface area contributed by atoms with E-state index in [-0.39, 0.29) is 18.4 Å². The number of carbonyl (C=O) groups is 2. The van der Waals surface area contributed by atoms with Crippen molar-refractivity contribution < 1.29 is 14.3 Å². The number of rotatable bonds is 5. The lowest BCUT2D eigenvalue weighted by Crippen LogP contribution is -2.47. The summed E-state index contributed by atoms with van der Waals surface area (Å²) in [4.78, 5) is 28.1. The first-order valence-electron chi connectivity index (χ1n) is 8.74. The normalized spacial score (nSPS) is 20.6. The monoisotopic (exact) mass is 344 g/mol. The molecule has 5 nitrogen and oxygen atoms in total. The third-order valence-corrected chi connectivity index (χ3v) is 4.48. The highest BCUT2D eigenvalue weighted by molar-refractivity contribution is 5.94. The minimum Gasteiger partial charge on any atom is -0.497 e. The second-order valence-corrected chi connectivity index (χ2v) is 7.05. The second kappa shape index (κ2) is 8.70. The van der Waals surface area contributed by atoms with Crippen LogP contribution in [-0.2, 0) is 9.59 Å². The van der Waals surface area contributed by atoms with Crippen LogP contribution >= 0.6 is 0 Å². The van der Waals surface area contributed by atoms with Crippen LogP contribution in [0, 0.1) is 11.8 Å². The Kier molecular flexibility index (Phi) is 6.62. The van der Waals surface area contributed by atoms with Crippen molar-refractivity contribution in [3.05, 3.63) is 35.9 Å². The van der Waals surface area contributed by atoms with E-state index in [1.807, 2.05) is 29.2 Å². The lowest BCUT2D eigenvalue weighted by molar-refractivity contribution is -0.139. The first-order chi connectivity index (χ1) is 11.9. The fourth-order valence-electron chi connectivity index (χ4n) is 3.29. The van der Waals surface area contributed by atoms with Crippen LogP contribution in [-0.4, -0.2) is 55.4 Å². The van der Waals surface area contributed by atoms with Crippen LogP contribution in [0.1, 0.15) is 25.8 Å². The van der Waals surface area contributed by atoms with E-state index in [1.165, 1.54) is 11.0 Å². The van der Waals surface area contributed by atoms with Crippen LogP contribution in [0.4, 0.5) is 0 Å². The van der Waals surface area contributed by atoms with Gasteiger partial charge in [0.25, 0.3) is 0 Å². The molecule has 0 aromatic heterocycles. The Morgan fingerprint density at radius 2 is 1.96 bits per heavy atom. The van der Waals surface area contributed by atoms with E-state index in [4.69, 9.17) is 4.74 Å². The quantitative estimate of drug-likeness (QED) is 0.772. The van der Waals surface area contributed by atoms with Gasteiger partial charge in [0.15, 0.2) is 0 Å². The van der Waals surface area contributed by atoms with Gasteiger partial charge < -0.3 is 14.5 Å². The Hall–Kier alpha value is -2.30. The van der Waals surface area contributed by atoms with Gasteiger partial charge in [-0.3, -0.25) is 9.59 Å². The Labute approximate surface area is 150 Å². The lowest BCUT2D eigenvalue weighted by atomic mass is 9.92. The van der Waals surface area contributed by atoms with Gasteiger partial charge in [-0.2, -0.15) is 0 Å². The van der Waals surface area contributed by atoms with Crippen molar-refractivity contribution in [2.75, 3.05) is 33.8 Å². The SMILES string of the molecule is COc1cccc(/C=C/C(=O)N(C)CC(=O)N2CC(C)CC(C)C2)c1. The number of piperidine rings is 1. The van der Waals surface area contributed by atoms with Crippen molar-refractivity contribution >= 4 is 17.9 Å². The number of benzene rings is 1. The lowest BCUT2D eigenvalue weighted by Gasteiger charge is -2.35. The largest absolute Gasteiger partial charge is 0.497 e. The van der Waals surface area contributed by atoms with Crippen molar-refractivity contribution in [1.82, 2.24) is 9.80 Å². The molecule has 0 aliphatic carbocycles. The molecule has 1 heterocycles. The molecule has 2 rings (SSSR count). The van der Waals surface area contributed by atoms with Gasteiger partial charge in [0.1, 0.15) is 5.75 Å². The number of hydrogen-bond donors (Lipinski definition) is 0. The number of likely N-dealkylation sites (tertiary alicyclic amines) is 1. The standard InChI is InChI=1S/C20H28N2O3/c1-15-10-16(2)13-22(12-15)20(24)14-21(3)19(23)9-8-17-6-5-7-18(11-17)25-4/h5-9,11,15-16H,10,12-14H2,1-4H3/b9-8+. The molecule has 1 aromatic rings. The van der Waals surface area contributed by atoms with Gasteiger partial charge in [0, 0.05) is 26.2 Å². The summed E-state index contributed by atoms with van der Waals surface area (Å²) in [5.41, 5.74) is 0.881. The van der Waals surface area contributed by atoms with Gasteiger partial charge in [0.2, 0.25) is 11.8 Å². The predicted octanol–water partition coefficient (Wildman–Crippen LogP) is 2.67. The summed E-state index contributed by atoms with van der Waals surface area (Å²) in [5.74, 6) is 1.60. The molecule has 0 spiro atoms. The van der Waals surface area contributed by atoms with E-state index < -0.39 is 0 Å². The van der Waals surface area contributed by atoms with Crippen LogP contribution in [0.15, 0.2) is 30.3 Å². The van der Waals surface area contributed by atoms with Crippen LogP contribution in [0.3, 0.4) is 0 Å². The summed E-state index contributed by atoms with van der Waals surface area (Å²) < 4.78 is 5.17. The van der Waals surface area contributed by atoms with Gasteiger partial charge in [0.05, 0.1) is 13.7 Å². The maximum absolute atomic E-state index is 12.5. The minimum absolute atomic E-state index is 0.0176. The molecule has 0 N–H and O–H groups in total. The molecule has 1 aliphatic rings. The highest BCUT2D eigenvalue weighted by Gasteiger charge is 2.26. The maximum atomic E-state index is 12.5. The first kappa shape index (κ1) is 19.0. The first-order valence-corrected chi connectivity index (χ1v) is 8.74. The molecule has 136 valence electrons. The Bertz CT molecular complexity index is 632. The number of carbonyl (C=O) groups excluding carboxylic acids is 2. The van der Waals surface area contributed by atoms with Crippen molar-refractivity contribution in [1.29, 1.82) is 0 Å². The molecule has 25 heavy (non-hydrogen) atoms. The number of likely N-dealkylation sites (N-methyl/N-ethyl adjacent to an activating group) is 1. The summed E-state index contributed by atoms with van der Waals surface area (Å²) in [6.45, 7) is 6.01. The summed E-state index contributed by atoms with van der Waals surface area (Å²) in [5, 5.41) is 0. The average molecular weight is 344 g/mol. The number of amides is 2. The van der Waals surface area contributed by atoms with Gasteiger partial charge in [-0.1, -0.05) is 26.0 Å². The highest BCUT2D eigenvalue weighted by Crippen LogP contribution is 2.21. The van der Waals surface area contributed by atoms with Gasteiger partial charge in [-0.15, -0.1) is 0 Å². The summed E-state index contributed by atoms with van der Waals surface area (Å²) >= 11 is 0. The maximum Gasteiger partial charge on any atom is 0.246 e. The Balaban J connectivity index is 1.90. The average Bonchev–Trinajstić information content (AvgIpc) is 2.58. The fraction of sp³-hybridized carbons (Fsp3) is 0.500. The van der Waals surface area contributed by atoms with Crippen LogP contribution < -0.4 is 4.74 Å². The molecule has 1 saturated heterocycles. The van der Waals surface area contributed by atoms with Gasteiger partial charge in [-0.05, 0) is 42.0 Å². The Morgan fingerprint density at radius 1 is 1.28 bits per heavy atom. The van der Waals surface area contributed by atoms with Gasteiger partial charge >= 0.3 is 0 Å². The number of ether oxygens (including phenoxy) is 1. The third-order valence-electron chi connectivity index (χ3n) is 4.48. The molecule has 1 aliphatic heterocycles. The smallest absolute Gasteiger partial charge is 0.246 e. The highest BCUT2D eigenvalue weighted by atomic mass is 16.5. The van der Waals surface area contributed by atoms with Gasteiger partial charge in [-0.25, -0.2) is 0 Å². The molecular formula is C20H28N2O3. The second-order valence-electron chi connectivity index (χ2n) is 7.05. The molecular weight excluding hydrogens is 316 g/mol. The summed E-state index contributed by atoms with van der Waals surface area (Å²) in [6.07, 6.45) is 4.38. The minimum atomic E-state index is -0.186. The molecule has 0 saturated carbocycles. The number of nitrogens with zero attached hydrogens (tertiary/aromatic N) is 2. The molecule has 1 fully saturated rings. The van der Waals surface area contributed by atoms with E-state index in [2.05, 4.69) is 13.8 Å². The van der Waals surface area contributed by atoms with Crippen LogP contribution in [0.2, 0.25) is 0 Å². The topological polar surface area (TPSA) is 49.9 Å².